The number of nitrogens with one attached hydrogen (secondary N) is 2. The Labute approximate surface area is 93.9 Å². The van der Waals surface area contributed by atoms with Gasteiger partial charge in [0.05, 0.1) is 6.54 Å². The maximum atomic E-state index is 11.3. The fraction of sp³-hybridized carbons (Fsp3) is 0.545. The van der Waals surface area contributed by atoms with Gasteiger partial charge < -0.3 is 10.6 Å². The van der Waals surface area contributed by atoms with E-state index in [1.54, 1.807) is 11.3 Å². The minimum absolute atomic E-state index is 0.128. The molecule has 0 spiro atoms. The van der Waals surface area contributed by atoms with Crippen LogP contribution in [-0.4, -0.2) is 25.0 Å². The zero-order valence-corrected chi connectivity index (χ0v) is 9.48. The number of rotatable bonds is 6. The first-order valence-corrected chi connectivity index (χ1v) is 6.25. The fourth-order valence-corrected chi connectivity index (χ4v) is 2.08. The second-order valence-corrected chi connectivity index (χ2v) is 4.88. The summed E-state index contributed by atoms with van der Waals surface area (Å²) in [5.41, 5.74) is 0. The van der Waals surface area contributed by atoms with Crippen molar-refractivity contribution in [3.8, 4) is 0 Å². The second-order valence-electron chi connectivity index (χ2n) is 3.85. The average Bonchev–Trinajstić information content (AvgIpc) is 2.87. The van der Waals surface area contributed by atoms with Crippen LogP contribution in [0.25, 0.3) is 0 Å². The molecule has 0 aromatic carbocycles. The minimum atomic E-state index is 0.128. The lowest BCUT2D eigenvalue weighted by Crippen LogP contribution is -2.35. The van der Waals surface area contributed by atoms with E-state index < -0.39 is 0 Å². The van der Waals surface area contributed by atoms with Gasteiger partial charge in [-0.15, -0.1) is 11.3 Å². The maximum absolute atomic E-state index is 11.3. The van der Waals surface area contributed by atoms with Crippen LogP contribution in [0.4, 0.5) is 0 Å². The lowest BCUT2D eigenvalue weighted by Gasteiger charge is -2.04. The van der Waals surface area contributed by atoms with E-state index in [9.17, 15) is 4.79 Å². The first-order chi connectivity index (χ1) is 7.34. The van der Waals surface area contributed by atoms with Crippen LogP contribution in [0.3, 0.4) is 0 Å². The molecule has 1 aromatic rings. The smallest absolute Gasteiger partial charge is 0.234 e. The number of carbonyl (C=O) groups is 1. The highest BCUT2D eigenvalue weighted by atomic mass is 32.1. The molecule has 0 bridgehead atoms. The quantitative estimate of drug-likeness (QED) is 0.712. The molecule has 1 saturated carbocycles. The molecule has 1 fully saturated rings. The standard InChI is InChI=1S/C11H16N2OS/c14-11(13-9-3-4-9)8-12-6-5-10-2-1-7-15-10/h1-2,7,9,12H,3-6,8H2,(H,13,14). The summed E-state index contributed by atoms with van der Waals surface area (Å²) < 4.78 is 0. The number of hydrogen-bond acceptors (Lipinski definition) is 3. The lowest BCUT2D eigenvalue weighted by atomic mass is 10.3. The molecule has 0 unspecified atom stereocenters. The Morgan fingerprint density at radius 1 is 1.53 bits per heavy atom. The van der Waals surface area contributed by atoms with E-state index in [4.69, 9.17) is 0 Å². The number of thiophene rings is 1. The molecule has 1 aliphatic carbocycles. The molecule has 4 heteroatoms. The summed E-state index contributed by atoms with van der Waals surface area (Å²) in [5, 5.41) is 8.18. The average molecular weight is 224 g/mol. The van der Waals surface area contributed by atoms with Crippen LogP contribution < -0.4 is 10.6 Å². The van der Waals surface area contributed by atoms with Crippen molar-refractivity contribution in [3.05, 3.63) is 22.4 Å². The molecule has 0 aliphatic heterocycles. The van der Waals surface area contributed by atoms with Crippen LogP contribution >= 0.6 is 11.3 Å². The molecule has 1 aliphatic rings. The van der Waals surface area contributed by atoms with Crippen molar-refractivity contribution in [2.24, 2.45) is 0 Å². The SMILES string of the molecule is O=C(CNCCc1cccs1)NC1CC1. The second kappa shape index (κ2) is 5.28. The Bertz CT molecular complexity index is 306. The molecule has 3 nitrogen and oxygen atoms in total. The first-order valence-electron chi connectivity index (χ1n) is 5.37. The third-order valence-electron chi connectivity index (χ3n) is 2.36. The van der Waals surface area contributed by atoms with Crippen LogP contribution in [0.15, 0.2) is 17.5 Å². The summed E-state index contributed by atoms with van der Waals surface area (Å²) >= 11 is 1.76. The van der Waals surface area contributed by atoms with Crippen molar-refractivity contribution >= 4 is 17.2 Å². The largest absolute Gasteiger partial charge is 0.352 e. The van der Waals surface area contributed by atoms with E-state index in [0.29, 0.717) is 12.6 Å². The van der Waals surface area contributed by atoms with E-state index in [1.165, 1.54) is 4.88 Å². The van der Waals surface area contributed by atoms with Crippen molar-refractivity contribution in [1.82, 2.24) is 10.6 Å². The molecular weight excluding hydrogens is 208 g/mol. The van der Waals surface area contributed by atoms with Crippen molar-refractivity contribution in [2.45, 2.75) is 25.3 Å². The zero-order valence-electron chi connectivity index (χ0n) is 8.66. The molecule has 2 N–H and O–H groups in total. The lowest BCUT2D eigenvalue weighted by molar-refractivity contribution is -0.120. The molecule has 0 atom stereocenters. The third-order valence-corrected chi connectivity index (χ3v) is 3.29. The van der Waals surface area contributed by atoms with Gasteiger partial charge in [-0.2, -0.15) is 0 Å². The van der Waals surface area contributed by atoms with Gasteiger partial charge in [0.1, 0.15) is 0 Å². The van der Waals surface area contributed by atoms with Gasteiger partial charge >= 0.3 is 0 Å². The Kier molecular flexibility index (Phi) is 3.75. The van der Waals surface area contributed by atoms with Crippen LogP contribution in [0.5, 0.6) is 0 Å². The minimum Gasteiger partial charge on any atom is -0.352 e. The molecular formula is C11H16N2OS. The topological polar surface area (TPSA) is 41.1 Å². The van der Waals surface area contributed by atoms with Gasteiger partial charge in [0.2, 0.25) is 5.91 Å². The third kappa shape index (κ3) is 4.01. The van der Waals surface area contributed by atoms with E-state index >= 15 is 0 Å². The van der Waals surface area contributed by atoms with Crippen LogP contribution in [0.2, 0.25) is 0 Å². The normalized spacial score (nSPS) is 15.2. The predicted molar refractivity (Wildman–Crippen MR) is 62.1 cm³/mol. The highest BCUT2D eigenvalue weighted by molar-refractivity contribution is 7.09. The molecule has 1 heterocycles. The summed E-state index contributed by atoms with van der Waals surface area (Å²) in [7, 11) is 0. The fourth-order valence-electron chi connectivity index (χ4n) is 1.37. The van der Waals surface area contributed by atoms with Crippen LogP contribution in [0, 0.1) is 0 Å². The van der Waals surface area contributed by atoms with Crippen molar-refractivity contribution in [2.75, 3.05) is 13.1 Å². The van der Waals surface area contributed by atoms with Crippen LogP contribution in [0.1, 0.15) is 17.7 Å². The summed E-state index contributed by atoms with van der Waals surface area (Å²) in [6.45, 7) is 1.32. The maximum Gasteiger partial charge on any atom is 0.234 e. The molecule has 15 heavy (non-hydrogen) atoms. The van der Waals surface area contributed by atoms with Gasteiger partial charge in [0.15, 0.2) is 0 Å². The Balaban J connectivity index is 1.52. The summed E-state index contributed by atoms with van der Waals surface area (Å²) in [4.78, 5) is 12.6. The van der Waals surface area contributed by atoms with Crippen molar-refractivity contribution in [3.63, 3.8) is 0 Å². The molecule has 1 amide bonds. The van der Waals surface area contributed by atoms with Gasteiger partial charge in [0, 0.05) is 17.5 Å². The summed E-state index contributed by atoms with van der Waals surface area (Å²) in [6, 6.07) is 4.65. The van der Waals surface area contributed by atoms with Gasteiger partial charge in [0.25, 0.3) is 0 Å². The number of hydrogen-bond donors (Lipinski definition) is 2. The van der Waals surface area contributed by atoms with Gasteiger partial charge in [-0.3, -0.25) is 4.79 Å². The van der Waals surface area contributed by atoms with Gasteiger partial charge in [-0.05, 0) is 30.7 Å². The molecule has 82 valence electrons. The van der Waals surface area contributed by atoms with Gasteiger partial charge in [-0.25, -0.2) is 0 Å². The van der Waals surface area contributed by atoms with E-state index in [1.807, 2.05) is 0 Å². The van der Waals surface area contributed by atoms with Crippen LogP contribution in [-0.2, 0) is 11.2 Å². The van der Waals surface area contributed by atoms with Crippen molar-refractivity contribution in [1.29, 1.82) is 0 Å². The Morgan fingerprint density at radius 2 is 2.40 bits per heavy atom. The van der Waals surface area contributed by atoms with Gasteiger partial charge in [-0.1, -0.05) is 6.07 Å². The molecule has 2 rings (SSSR count). The highest BCUT2D eigenvalue weighted by Gasteiger charge is 2.22. The first kappa shape index (κ1) is 10.6. The van der Waals surface area contributed by atoms with Crippen molar-refractivity contribution < 1.29 is 4.79 Å². The summed E-state index contributed by atoms with van der Waals surface area (Å²) in [5.74, 6) is 0.128. The van der Waals surface area contributed by atoms with E-state index in [0.717, 1.165) is 25.8 Å². The number of amides is 1. The highest BCUT2D eigenvalue weighted by Crippen LogP contribution is 2.18. The Morgan fingerprint density at radius 3 is 3.07 bits per heavy atom. The monoisotopic (exact) mass is 224 g/mol. The molecule has 0 radical (unpaired) electrons. The predicted octanol–water partition coefficient (Wildman–Crippen LogP) is 1.16. The molecule has 0 saturated heterocycles. The van der Waals surface area contributed by atoms with E-state index in [2.05, 4.69) is 28.1 Å². The molecule has 1 aromatic heterocycles. The van der Waals surface area contributed by atoms with E-state index in [-0.39, 0.29) is 5.91 Å². The zero-order chi connectivity index (χ0) is 10.5. The Hall–Kier alpha value is -0.870. The number of carbonyl (C=O) groups excluding carboxylic acids is 1. The summed E-state index contributed by atoms with van der Waals surface area (Å²) in [6.07, 6.45) is 3.32.